The third-order valence-electron chi connectivity index (χ3n) is 7.96. The Morgan fingerprint density at radius 1 is 1.00 bits per heavy atom. The Balaban J connectivity index is 1.63. The maximum atomic E-state index is 10.0. The predicted octanol–water partition coefficient (Wildman–Crippen LogP) is 4.56. The van der Waals surface area contributed by atoms with Gasteiger partial charge in [-0.15, -0.1) is 0 Å². The van der Waals surface area contributed by atoms with Crippen LogP contribution in [0.3, 0.4) is 0 Å². The first-order chi connectivity index (χ1) is 9.53. The summed E-state index contributed by atoms with van der Waals surface area (Å²) in [5.41, 5.74) is 1.05. The quantitative estimate of drug-likeness (QED) is 0.642. The van der Waals surface area contributed by atoms with Gasteiger partial charge in [-0.1, -0.05) is 26.0 Å². The van der Waals surface area contributed by atoms with Crippen molar-refractivity contribution < 1.29 is 5.11 Å². The molecule has 112 valence electrons. The molecule has 7 atom stereocenters. The van der Waals surface area contributed by atoms with Gasteiger partial charge in [-0.3, -0.25) is 0 Å². The van der Waals surface area contributed by atoms with Crippen molar-refractivity contribution in [1.82, 2.24) is 0 Å². The Bertz CT molecular complexity index is 427. The van der Waals surface area contributed by atoms with Crippen molar-refractivity contribution in [1.29, 1.82) is 0 Å². The van der Waals surface area contributed by atoms with Crippen LogP contribution in [0.5, 0.6) is 0 Å². The number of aliphatic hydroxyl groups excluding tert-OH is 1. The van der Waals surface area contributed by atoms with E-state index in [4.69, 9.17) is 0 Å². The summed E-state index contributed by atoms with van der Waals surface area (Å²) in [4.78, 5) is 0. The molecule has 3 fully saturated rings. The Morgan fingerprint density at radius 2 is 1.85 bits per heavy atom. The summed E-state index contributed by atoms with van der Waals surface area (Å²) in [5, 5.41) is 10.0. The number of fused-ring (bicyclic) bond motifs is 5. The van der Waals surface area contributed by atoms with Gasteiger partial charge in [0.15, 0.2) is 0 Å². The lowest BCUT2D eigenvalue weighted by atomic mass is 9.45. The molecule has 0 saturated heterocycles. The van der Waals surface area contributed by atoms with Gasteiger partial charge in [0.1, 0.15) is 0 Å². The molecule has 0 aromatic carbocycles. The number of hydrogen-bond acceptors (Lipinski definition) is 1. The first kappa shape index (κ1) is 13.4. The molecular formula is C19H30O. The van der Waals surface area contributed by atoms with Crippen LogP contribution >= 0.6 is 0 Å². The van der Waals surface area contributed by atoms with Crippen molar-refractivity contribution in [3.8, 4) is 0 Å². The van der Waals surface area contributed by atoms with Crippen LogP contribution < -0.4 is 0 Å². The normalized spacial score (nSPS) is 57.9. The molecule has 1 nitrogen and oxygen atoms in total. The van der Waals surface area contributed by atoms with E-state index < -0.39 is 0 Å². The fourth-order valence-electron chi connectivity index (χ4n) is 6.72. The molecular weight excluding hydrogens is 244 g/mol. The highest BCUT2D eigenvalue weighted by Crippen LogP contribution is 2.64. The van der Waals surface area contributed by atoms with Gasteiger partial charge in [0.05, 0.1) is 6.10 Å². The SMILES string of the molecule is C[C@]12CC[C@@H](O)C[C@@H]1CC[C@@H]1[C@@H]2CC[C@]2(C)C=CC[C@@H]12. The Labute approximate surface area is 123 Å². The zero-order chi connectivity index (χ0) is 14.0. The highest BCUT2D eigenvalue weighted by Gasteiger charge is 2.56. The summed E-state index contributed by atoms with van der Waals surface area (Å²) in [6, 6.07) is 0. The van der Waals surface area contributed by atoms with Gasteiger partial charge in [0.2, 0.25) is 0 Å². The standard InChI is InChI=1S/C19H30O/c1-18-9-3-4-16(18)15-6-5-13-12-14(20)7-11-19(13,2)17(15)8-10-18/h3,9,13-17,20H,4-8,10-12H2,1-2H3/t13-,14+,15-,16-,17-,18-,19-/m0/s1. The van der Waals surface area contributed by atoms with Crippen LogP contribution in [0.2, 0.25) is 0 Å². The molecule has 0 bridgehead atoms. The van der Waals surface area contributed by atoms with Crippen LogP contribution in [0.4, 0.5) is 0 Å². The summed E-state index contributed by atoms with van der Waals surface area (Å²) < 4.78 is 0. The number of hydrogen-bond donors (Lipinski definition) is 1. The van der Waals surface area contributed by atoms with E-state index in [2.05, 4.69) is 26.0 Å². The third kappa shape index (κ3) is 1.71. The molecule has 0 amide bonds. The number of rotatable bonds is 0. The van der Waals surface area contributed by atoms with Gasteiger partial charge in [-0.2, -0.15) is 0 Å². The van der Waals surface area contributed by atoms with Crippen molar-refractivity contribution in [2.75, 3.05) is 0 Å². The smallest absolute Gasteiger partial charge is 0.0543 e. The molecule has 0 spiro atoms. The van der Waals surface area contributed by atoms with Crippen LogP contribution in [0.1, 0.15) is 65.2 Å². The van der Waals surface area contributed by atoms with Crippen molar-refractivity contribution in [2.24, 2.45) is 34.5 Å². The van der Waals surface area contributed by atoms with Gasteiger partial charge in [-0.05, 0) is 85.9 Å². The van der Waals surface area contributed by atoms with Crippen LogP contribution in [0.25, 0.3) is 0 Å². The first-order valence-corrected chi connectivity index (χ1v) is 8.89. The van der Waals surface area contributed by atoms with E-state index in [-0.39, 0.29) is 6.10 Å². The van der Waals surface area contributed by atoms with Crippen LogP contribution in [0.15, 0.2) is 12.2 Å². The van der Waals surface area contributed by atoms with Crippen LogP contribution in [-0.2, 0) is 0 Å². The van der Waals surface area contributed by atoms with E-state index in [1.54, 1.807) is 0 Å². The summed E-state index contributed by atoms with van der Waals surface area (Å²) in [6.45, 7) is 5.09. The van der Waals surface area contributed by atoms with Crippen LogP contribution in [-0.4, -0.2) is 11.2 Å². The summed E-state index contributed by atoms with van der Waals surface area (Å²) in [5.74, 6) is 3.61. The molecule has 4 rings (SSSR count). The lowest BCUT2D eigenvalue weighted by molar-refractivity contribution is -0.116. The minimum atomic E-state index is -0.00775. The van der Waals surface area contributed by atoms with E-state index in [0.29, 0.717) is 10.8 Å². The highest BCUT2D eigenvalue weighted by molar-refractivity contribution is 5.16. The second-order valence-corrected chi connectivity index (χ2v) is 8.77. The van der Waals surface area contributed by atoms with Crippen molar-refractivity contribution in [3.05, 3.63) is 12.2 Å². The predicted molar refractivity (Wildman–Crippen MR) is 82.3 cm³/mol. The molecule has 0 aliphatic heterocycles. The van der Waals surface area contributed by atoms with E-state index in [0.717, 1.165) is 36.5 Å². The van der Waals surface area contributed by atoms with E-state index >= 15 is 0 Å². The summed E-state index contributed by atoms with van der Waals surface area (Å²) in [7, 11) is 0. The fourth-order valence-corrected chi connectivity index (χ4v) is 6.72. The second kappa shape index (κ2) is 4.35. The van der Waals surface area contributed by atoms with Crippen molar-refractivity contribution in [3.63, 3.8) is 0 Å². The zero-order valence-electron chi connectivity index (χ0n) is 13.1. The molecule has 3 saturated carbocycles. The minimum Gasteiger partial charge on any atom is -0.393 e. The highest BCUT2D eigenvalue weighted by atomic mass is 16.3. The number of allylic oxidation sites excluding steroid dienone is 2. The third-order valence-corrected chi connectivity index (χ3v) is 7.96. The number of aliphatic hydroxyl groups is 1. The molecule has 0 heterocycles. The van der Waals surface area contributed by atoms with Gasteiger partial charge >= 0.3 is 0 Å². The lowest BCUT2D eigenvalue weighted by Crippen LogP contribution is -2.53. The summed E-state index contributed by atoms with van der Waals surface area (Å²) in [6.07, 6.45) is 15.4. The topological polar surface area (TPSA) is 20.2 Å². The van der Waals surface area contributed by atoms with E-state index in [1.165, 1.54) is 38.5 Å². The molecule has 1 N–H and O–H groups in total. The minimum absolute atomic E-state index is 0.00775. The first-order valence-electron chi connectivity index (χ1n) is 8.89. The van der Waals surface area contributed by atoms with Gasteiger partial charge in [-0.25, -0.2) is 0 Å². The van der Waals surface area contributed by atoms with Gasteiger partial charge in [0, 0.05) is 0 Å². The molecule has 4 aliphatic rings. The Kier molecular flexibility index (Phi) is 2.91. The molecule has 4 aliphatic carbocycles. The maximum Gasteiger partial charge on any atom is 0.0543 e. The average Bonchev–Trinajstić information content (AvgIpc) is 2.81. The Morgan fingerprint density at radius 3 is 2.70 bits per heavy atom. The largest absolute Gasteiger partial charge is 0.393 e. The van der Waals surface area contributed by atoms with Crippen molar-refractivity contribution >= 4 is 0 Å². The van der Waals surface area contributed by atoms with E-state index in [1.807, 2.05) is 0 Å². The maximum absolute atomic E-state index is 10.0. The molecule has 0 unspecified atom stereocenters. The summed E-state index contributed by atoms with van der Waals surface area (Å²) >= 11 is 0. The molecule has 20 heavy (non-hydrogen) atoms. The fraction of sp³-hybridized carbons (Fsp3) is 0.895. The molecule has 0 aromatic rings. The average molecular weight is 274 g/mol. The van der Waals surface area contributed by atoms with E-state index in [9.17, 15) is 5.11 Å². The zero-order valence-corrected chi connectivity index (χ0v) is 13.1. The molecule has 1 heteroatoms. The van der Waals surface area contributed by atoms with Crippen molar-refractivity contribution in [2.45, 2.75) is 71.3 Å². The van der Waals surface area contributed by atoms with Gasteiger partial charge < -0.3 is 5.11 Å². The molecule has 0 radical (unpaired) electrons. The van der Waals surface area contributed by atoms with Gasteiger partial charge in [0.25, 0.3) is 0 Å². The second-order valence-electron chi connectivity index (χ2n) is 8.77. The lowest BCUT2D eigenvalue weighted by Gasteiger charge is -2.60. The monoisotopic (exact) mass is 274 g/mol. The van der Waals surface area contributed by atoms with Crippen LogP contribution in [0, 0.1) is 34.5 Å². The molecule has 0 aromatic heterocycles. The Hall–Kier alpha value is -0.300.